The number of hydrogen-bond acceptors (Lipinski definition) is 3. The van der Waals surface area contributed by atoms with Gasteiger partial charge in [-0.3, -0.25) is 4.90 Å². The topological polar surface area (TPSA) is 44.8 Å². The zero-order chi connectivity index (χ0) is 18.4. The first-order valence-corrected chi connectivity index (χ1v) is 9.10. The first-order valence-electron chi connectivity index (χ1n) is 9.10. The molecule has 1 aliphatic rings. The van der Waals surface area contributed by atoms with Crippen molar-refractivity contribution in [2.75, 3.05) is 51.8 Å². The number of methoxy groups -OCH3 is 1. The average molecular weight is 353 g/mol. The van der Waals surface area contributed by atoms with Gasteiger partial charge in [-0.1, -0.05) is 42.0 Å². The van der Waals surface area contributed by atoms with Crippen LogP contribution in [0.1, 0.15) is 5.56 Å². The summed E-state index contributed by atoms with van der Waals surface area (Å²) in [4.78, 5) is 16.8. The number of carbonyl (C=O) groups excluding carboxylic acids is 1. The second kappa shape index (κ2) is 8.83. The van der Waals surface area contributed by atoms with Gasteiger partial charge in [0.2, 0.25) is 0 Å². The number of anilines is 1. The fourth-order valence-electron chi connectivity index (χ4n) is 3.20. The lowest BCUT2D eigenvalue weighted by Crippen LogP contribution is -2.50. The van der Waals surface area contributed by atoms with Crippen LogP contribution in [0.15, 0.2) is 48.5 Å². The van der Waals surface area contributed by atoms with Gasteiger partial charge in [0.1, 0.15) is 0 Å². The lowest BCUT2D eigenvalue weighted by molar-refractivity contribution is 0.109. The van der Waals surface area contributed by atoms with Crippen LogP contribution in [0.5, 0.6) is 0 Å². The molecule has 0 aromatic heterocycles. The van der Waals surface area contributed by atoms with Gasteiger partial charge in [-0.05, 0) is 30.2 Å². The Bertz CT molecular complexity index is 740. The van der Waals surface area contributed by atoms with Crippen LogP contribution in [0.3, 0.4) is 0 Å². The molecule has 0 atom stereocenters. The highest BCUT2D eigenvalue weighted by atomic mass is 16.5. The van der Waals surface area contributed by atoms with Gasteiger partial charge in [0, 0.05) is 45.5 Å². The van der Waals surface area contributed by atoms with Crippen molar-refractivity contribution in [2.45, 2.75) is 6.92 Å². The molecule has 5 nitrogen and oxygen atoms in total. The fraction of sp³-hybridized carbons (Fsp3) is 0.381. The molecule has 2 aromatic rings. The van der Waals surface area contributed by atoms with E-state index in [-0.39, 0.29) is 6.03 Å². The van der Waals surface area contributed by atoms with Gasteiger partial charge < -0.3 is 15.0 Å². The second-order valence-electron chi connectivity index (χ2n) is 6.70. The van der Waals surface area contributed by atoms with Crippen LogP contribution in [0.2, 0.25) is 0 Å². The Morgan fingerprint density at radius 3 is 2.42 bits per heavy atom. The normalized spacial score (nSPS) is 15.1. The molecule has 1 N–H and O–H groups in total. The van der Waals surface area contributed by atoms with Crippen molar-refractivity contribution >= 4 is 11.7 Å². The molecule has 0 saturated carbocycles. The van der Waals surface area contributed by atoms with Crippen molar-refractivity contribution in [3.05, 3.63) is 54.1 Å². The van der Waals surface area contributed by atoms with Crippen molar-refractivity contribution in [3.8, 4) is 11.1 Å². The number of piperazine rings is 1. The second-order valence-corrected chi connectivity index (χ2v) is 6.70. The molecule has 138 valence electrons. The highest BCUT2D eigenvalue weighted by Gasteiger charge is 2.20. The molecule has 0 unspecified atom stereocenters. The third-order valence-corrected chi connectivity index (χ3v) is 4.74. The molecule has 5 heteroatoms. The maximum atomic E-state index is 12.6. The summed E-state index contributed by atoms with van der Waals surface area (Å²) in [6.45, 7) is 7.00. The van der Waals surface area contributed by atoms with Crippen LogP contribution in [-0.2, 0) is 4.74 Å². The molecule has 0 radical (unpaired) electrons. The minimum atomic E-state index is -0.0298. The summed E-state index contributed by atoms with van der Waals surface area (Å²) in [6.07, 6.45) is 0. The van der Waals surface area contributed by atoms with Crippen molar-refractivity contribution in [1.29, 1.82) is 0 Å². The van der Waals surface area contributed by atoms with E-state index in [0.29, 0.717) is 0 Å². The Balaban J connectivity index is 1.59. The molecule has 1 fully saturated rings. The summed E-state index contributed by atoms with van der Waals surface area (Å²) < 4.78 is 5.12. The summed E-state index contributed by atoms with van der Waals surface area (Å²) in [5.74, 6) is 0. The molecule has 2 aromatic carbocycles. The van der Waals surface area contributed by atoms with Crippen molar-refractivity contribution in [2.24, 2.45) is 0 Å². The van der Waals surface area contributed by atoms with Crippen LogP contribution in [0, 0.1) is 6.92 Å². The van der Waals surface area contributed by atoms with Gasteiger partial charge in [-0.15, -0.1) is 0 Å². The van der Waals surface area contributed by atoms with E-state index in [1.54, 1.807) is 7.11 Å². The van der Waals surface area contributed by atoms with E-state index in [9.17, 15) is 4.79 Å². The number of urea groups is 1. The maximum Gasteiger partial charge on any atom is 0.321 e. The van der Waals surface area contributed by atoms with E-state index in [1.807, 2.05) is 23.1 Å². The Hall–Kier alpha value is -2.37. The number of rotatable bonds is 5. The van der Waals surface area contributed by atoms with E-state index in [2.05, 4.69) is 47.5 Å². The Morgan fingerprint density at radius 1 is 1.04 bits per heavy atom. The lowest BCUT2D eigenvalue weighted by Gasteiger charge is -2.34. The molecule has 26 heavy (non-hydrogen) atoms. The van der Waals surface area contributed by atoms with Crippen LogP contribution >= 0.6 is 0 Å². The van der Waals surface area contributed by atoms with E-state index in [4.69, 9.17) is 4.74 Å². The quantitative estimate of drug-likeness (QED) is 0.895. The fourth-order valence-corrected chi connectivity index (χ4v) is 3.20. The third kappa shape index (κ3) is 4.84. The smallest absolute Gasteiger partial charge is 0.321 e. The minimum absolute atomic E-state index is 0.0298. The van der Waals surface area contributed by atoms with E-state index in [0.717, 1.165) is 56.1 Å². The van der Waals surface area contributed by atoms with E-state index in [1.165, 1.54) is 5.56 Å². The highest BCUT2D eigenvalue weighted by Crippen LogP contribution is 2.23. The SMILES string of the molecule is COCCN1CCN(C(=O)Nc2cccc(-c3cccc(C)c3)c2)CC1. The summed E-state index contributed by atoms with van der Waals surface area (Å²) in [6, 6.07) is 16.4. The van der Waals surface area contributed by atoms with Crippen LogP contribution in [0.4, 0.5) is 10.5 Å². The first kappa shape index (κ1) is 18.4. The molecular formula is C21H27N3O2. The predicted octanol–water partition coefficient (Wildman–Crippen LogP) is 3.46. The number of ether oxygens (including phenoxy) is 1. The van der Waals surface area contributed by atoms with Gasteiger partial charge in [-0.25, -0.2) is 4.79 Å². The number of nitrogens with one attached hydrogen (secondary N) is 1. The third-order valence-electron chi connectivity index (χ3n) is 4.74. The van der Waals surface area contributed by atoms with Crippen molar-refractivity contribution in [3.63, 3.8) is 0 Å². The Morgan fingerprint density at radius 2 is 1.73 bits per heavy atom. The molecule has 1 aliphatic heterocycles. The van der Waals surface area contributed by atoms with E-state index < -0.39 is 0 Å². The van der Waals surface area contributed by atoms with Crippen LogP contribution < -0.4 is 5.32 Å². The Kier molecular flexibility index (Phi) is 6.26. The van der Waals surface area contributed by atoms with Crippen LogP contribution in [0.25, 0.3) is 11.1 Å². The lowest BCUT2D eigenvalue weighted by atomic mass is 10.0. The van der Waals surface area contributed by atoms with E-state index >= 15 is 0 Å². The van der Waals surface area contributed by atoms with Crippen molar-refractivity contribution < 1.29 is 9.53 Å². The summed E-state index contributed by atoms with van der Waals surface area (Å²) in [5, 5.41) is 3.04. The summed E-state index contributed by atoms with van der Waals surface area (Å²) in [7, 11) is 1.72. The summed E-state index contributed by atoms with van der Waals surface area (Å²) in [5.41, 5.74) is 4.32. The molecule has 0 spiro atoms. The summed E-state index contributed by atoms with van der Waals surface area (Å²) >= 11 is 0. The predicted molar refractivity (Wildman–Crippen MR) is 106 cm³/mol. The number of aryl methyl sites for hydroxylation is 1. The number of nitrogens with zero attached hydrogens (tertiary/aromatic N) is 2. The number of carbonyl (C=O) groups is 1. The molecular weight excluding hydrogens is 326 g/mol. The van der Waals surface area contributed by atoms with Crippen molar-refractivity contribution in [1.82, 2.24) is 9.80 Å². The Labute approximate surface area is 155 Å². The molecule has 1 heterocycles. The molecule has 0 aliphatic carbocycles. The standard InChI is InChI=1S/C21H27N3O2/c1-17-5-3-6-18(15-17)19-7-4-8-20(16-19)22-21(25)24-11-9-23(10-12-24)13-14-26-2/h3-8,15-16H,9-14H2,1-2H3,(H,22,25). The van der Waals surface area contributed by atoms with Gasteiger partial charge in [0.05, 0.1) is 6.61 Å². The largest absolute Gasteiger partial charge is 0.383 e. The molecule has 2 amide bonds. The molecule has 0 bridgehead atoms. The van der Waals surface area contributed by atoms with Crippen LogP contribution in [-0.4, -0.2) is 62.3 Å². The van der Waals surface area contributed by atoms with Gasteiger partial charge >= 0.3 is 6.03 Å². The monoisotopic (exact) mass is 353 g/mol. The van der Waals surface area contributed by atoms with Gasteiger partial charge in [0.25, 0.3) is 0 Å². The highest BCUT2D eigenvalue weighted by molar-refractivity contribution is 5.90. The number of amides is 2. The number of hydrogen-bond donors (Lipinski definition) is 1. The van der Waals surface area contributed by atoms with Gasteiger partial charge in [-0.2, -0.15) is 0 Å². The zero-order valence-corrected chi connectivity index (χ0v) is 15.6. The minimum Gasteiger partial charge on any atom is -0.383 e. The molecule has 1 saturated heterocycles. The first-order chi connectivity index (χ1) is 12.7. The van der Waals surface area contributed by atoms with Gasteiger partial charge in [0.15, 0.2) is 0 Å². The maximum absolute atomic E-state index is 12.6. The number of benzene rings is 2. The molecule has 3 rings (SSSR count). The average Bonchev–Trinajstić information content (AvgIpc) is 2.67. The zero-order valence-electron chi connectivity index (χ0n) is 15.6.